The third-order valence-electron chi connectivity index (χ3n) is 8.06. The van der Waals surface area contributed by atoms with Crippen molar-refractivity contribution in [3.63, 3.8) is 0 Å². The van der Waals surface area contributed by atoms with Crippen molar-refractivity contribution in [2.75, 3.05) is 4.90 Å². The lowest BCUT2D eigenvalue weighted by Crippen LogP contribution is -2.11. The van der Waals surface area contributed by atoms with Crippen molar-refractivity contribution in [3.8, 4) is 11.1 Å². The van der Waals surface area contributed by atoms with Crippen molar-refractivity contribution in [1.82, 2.24) is 0 Å². The van der Waals surface area contributed by atoms with Crippen molar-refractivity contribution in [1.29, 1.82) is 0 Å². The van der Waals surface area contributed by atoms with Gasteiger partial charge in [0.25, 0.3) is 0 Å². The largest absolute Gasteiger partial charge is 0.456 e. The summed E-state index contributed by atoms with van der Waals surface area (Å²) >= 11 is 0. The van der Waals surface area contributed by atoms with E-state index >= 15 is 0 Å². The van der Waals surface area contributed by atoms with E-state index in [1.54, 1.807) is 0 Å². The van der Waals surface area contributed by atoms with Crippen LogP contribution in [0.5, 0.6) is 0 Å². The Labute approximate surface area is 254 Å². The van der Waals surface area contributed by atoms with Crippen LogP contribution in [-0.4, -0.2) is 0 Å². The number of rotatable bonds is 4. The Hall–Kier alpha value is -5.80. The molecule has 0 radical (unpaired) electrons. The van der Waals surface area contributed by atoms with Crippen LogP contribution >= 0.6 is 0 Å². The predicted octanol–water partition coefficient (Wildman–Crippen LogP) is 11.8. The average molecular weight is 557 g/mol. The summed E-state index contributed by atoms with van der Waals surface area (Å²) in [7, 11) is 0. The highest BCUT2D eigenvalue weighted by molar-refractivity contribution is 6.24. The Kier molecular flexibility index (Phi) is 4.21. The van der Waals surface area contributed by atoms with E-state index in [1.165, 1.54) is 0 Å². The van der Waals surface area contributed by atoms with Crippen LogP contribution in [0.4, 0.5) is 17.1 Å². The van der Waals surface area contributed by atoms with E-state index in [0.29, 0.717) is 22.2 Å². The maximum Gasteiger partial charge on any atom is 0.145 e. The van der Waals surface area contributed by atoms with Gasteiger partial charge in [-0.3, -0.25) is 0 Å². The number of fused-ring (bicyclic) bond motifs is 7. The molecule has 0 N–H and O–H groups in total. The van der Waals surface area contributed by atoms with Crippen molar-refractivity contribution in [2.45, 2.75) is 0 Å². The third-order valence-corrected chi connectivity index (χ3v) is 8.06. The summed E-state index contributed by atoms with van der Waals surface area (Å²) in [6.07, 6.45) is 0. The number of anilines is 3. The molecule has 0 spiro atoms. The van der Waals surface area contributed by atoms with Gasteiger partial charge >= 0.3 is 0 Å². The number of hydrogen-bond donors (Lipinski definition) is 0. The lowest BCUT2D eigenvalue weighted by atomic mass is 9.97. The first-order valence-corrected chi connectivity index (χ1v) is 14.1. The topological polar surface area (TPSA) is 29.5 Å². The monoisotopic (exact) mass is 556 g/mol. The van der Waals surface area contributed by atoms with Crippen LogP contribution in [0, 0.1) is 0 Å². The zero-order valence-electron chi connectivity index (χ0n) is 27.8. The van der Waals surface area contributed by atoms with E-state index in [-0.39, 0.29) is 40.5 Å². The summed E-state index contributed by atoms with van der Waals surface area (Å²) < 4.78 is 57.8. The zero-order chi connectivity index (χ0) is 32.7. The minimum Gasteiger partial charge on any atom is -0.456 e. The average Bonchev–Trinajstić information content (AvgIpc) is 3.71. The van der Waals surface area contributed by atoms with E-state index in [1.807, 2.05) is 114 Å². The summed E-state index contributed by atoms with van der Waals surface area (Å²) in [6.45, 7) is 0. The molecule has 202 valence electrons. The summed E-state index contributed by atoms with van der Waals surface area (Å²) in [6, 6.07) is 38.0. The molecule has 0 fully saturated rings. The van der Waals surface area contributed by atoms with Crippen LogP contribution in [0.15, 0.2) is 160 Å². The first-order chi connectivity index (χ1) is 23.4. The summed E-state index contributed by atoms with van der Waals surface area (Å²) in [5.74, 6) is 0. The van der Waals surface area contributed by atoms with Crippen molar-refractivity contribution in [2.24, 2.45) is 0 Å². The number of furan rings is 2. The van der Waals surface area contributed by atoms with E-state index in [4.69, 9.17) is 12.9 Å². The van der Waals surface area contributed by atoms with Crippen LogP contribution in [0.3, 0.4) is 0 Å². The molecule has 7 aromatic carbocycles. The van der Waals surface area contributed by atoms with Crippen molar-refractivity contribution >= 4 is 71.7 Å². The second-order valence-electron chi connectivity index (χ2n) is 10.5. The number of hydrogen-bond acceptors (Lipinski definition) is 3. The molecular weight excluding hydrogens is 526 g/mol. The first kappa shape index (κ1) is 19.3. The predicted molar refractivity (Wildman–Crippen MR) is 179 cm³/mol. The molecule has 43 heavy (non-hydrogen) atoms. The van der Waals surface area contributed by atoms with Crippen LogP contribution in [-0.2, 0) is 0 Å². The number of para-hydroxylation sites is 3. The molecule has 0 atom stereocenters. The molecule has 9 aromatic rings. The second kappa shape index (κ2) is 9.37. The molecule has 2 heterocycles. The summed E-state index contributed by atoms with van der Waals surface area (Å²) in [5.41, 5.74) is 6.14. The molecule has 0 saturated heterocycles. The van der Waals surface area contributed by atoms with E-state index in [9.17, 15) is 2.74 Å². The molecule has 0 bridgehead atoms. The molecule has 0 saturated carbocycles. The number of benzene rings is 7. The van der Waals surface area contributed by atoms with Crippen LogP contribution < -0.4 is 4.90 Å². The quantitative estimate of drug-likeness (QED) is 0.216. The van der Waals surface area contributed by atoms with Crippen LogP contribution in [0.25, 0.3) is 65.8 Å². The molecule has 3 nitrogen and oxygen atoms in total. The maximum atomic E-state index is 9.28. The minimum atomic E-state index is -0.399. The van der Waals surface area contributed by atoms with Gasteiger partial charge in [0.15, 0.2) is 0 Å². The highest BCUT2D eigenvalue weighted by Gasteiger charge is 2.26. The van der Waals surface area contributed by atoms with Gasteiger partial charge in [-0.25, -0.2) is 0 Å². The fourth-order valence-corrected chi connectivity index (χ4v) is 6.22. The Balaban J connectivity index is 1.53. The number of nitrogens with zero attached hydrogens (tertiary/aromatic N) is 1. The SMILES string of the molecule is [2H]c1c([2H])c([2H])c2c(N(c3ccccc3)c3ccc(-c4ccccc4)c4oc5ccccc5c34)c3c(oc4ccccc43)c([2H])c2c1[2H]. The molecule has 2 aromatic heterocycles. The van der Waals surface area contributed by atoms with Gasteiger partial charge in [0.2, 0.25) is 0 Å². The van der Waals surface area contributed by atoms with Gasteiger partial charge < -0.3 is 13.7 Å². The Morgan fingerprint density at radius 2 is 1.19 bits per heavy atom. The Morgan fingerprint density at radius 3 is 1.98 bits per heavy atom. The van der Waals surface area contributed by atoms with Crippen molar-refractivity contribution < 1.29 is 15.7 Å². The fourth-order valence-electron chi connectivity index (χ4n) is 6.22. The van der Waals surface area contributed by atoms with Gasteiger partial charge in [0, 0.05) is 27.4 Å². The van der Waals surface area contributed by atoms with Gasteiger partial charge in [-0.15, -0.1) is 0 Å². The lowest BCUT2D eigenvalue weighted by Gasteiger charge is -2.28. The van der Waals surface area contributed by atoms with Gasteiger partial charge in [-0.05, 0) is 53.4 Å². The Bertz CT molecular complexity index is 2740. The first-order valence-electron chi connectivity index (χ1n) is 16.6. The molecule has 3 heteroatoms. The molecule has 0 aliphatic rings. The van der Waals surface area contributed by atoms with Crippen LogP contribution in [0.2, 0.25) is 0 Å². The molecule has 0 unspecified atom stereocenters. The highest BCUT2D eigenvalue weighted by Crippen LogP contribution is 2.50. The standard InChI is InChI=1S/C40H25NO2/c1-3-13-26(14-4-1)30-23-24-33(37-31-19-9-12-22-35(31)43-40(30)37)41(28-16-5-2-6-17-28)39-29-18-8-7-15-27(29)25-36-38(39)32-20-10-11-21-34(32)42-36/h1-25H/i7D,8D,15D,18D,25D. The normalized spacial score (nSPS) is 13.3. The molecule has 9 rings (SSSR count). The molecule has 0 aliphatic heterocycles. The van der Waals surface area contributed by atoms with Gasteiger partial charge in [0.1, 0.15) is 22.3 Å². The van der Waals surface area contributed by atoms with E-state index < -0.39 is 6.04 Å². The smallest absolute Gasteiger partial charge is 0.145 e. The Morgan fingerprint density at radius 1 is 0.535 bits per heavy atom. The molecule has 0 amide bonds. The van der Waals surface area contributed by atoms with Gasteiger partial charge in [-0.2, -0.15) is 0 Å². The highest BCUT2D eigenvalue weighted by atomic mass is 16.3. The van der Waals surface area contributed by atoms with Gasteiger partial charge in [-0.1, -0.05) is 109 Å². The maximum absolute atomic E-state index is 9.28. The van der Waals surface area contributed by atoms with Crippen LogP contribution in [0.1, 0.15) is 6.85 Å². The lowest BCUT2D eigenvalue weighted by molar-refractivity contribution is 0.669. The molecular formula is C40H25NO2. The summed E-state index contributed by atoms with van der Waals surface area (Å²) in [5, 5.41) is 3.41. The van der Waals surface area contributed by atoms with E-state index in [0.717, 1.165) is 44.2 Å². The minimum absolute atomic E-state index is 0.0849. The third kappa shape index (κ3) is 3.62. The molecule has 0 aliphatic carbocycles. The van der Waals surface area contributed by atoms with Gasteiger partial charge in [0.05, 0.1) is 29.0 Å². The van der Waals surface area contributed by atoms with E-state index in [2.05, 4.69) is 12.1 Å². The fraction of sp³-hybridized carbons (Fsp3) is 0. The zero-order valence-corrected chi connectivity index (χ0v) is 22.8. The summed E-state index contributed by atoms with van der Waals surface area (Å²) in [4.78, 5) is 2.03. The van der Waals surface area contributed by atoms with Crippen molar-refractivity contribution in [3.05, 3.63) is 152 Å². The second-order valence-corrected chi connectivity index (χ2v) is 10.5.